The van der Waals surface area contributed by atoms with Crippen molar-refractivity contribution in [2.45, 2.75) is 39.2 Å². The molecule has 3 N–H and O–H groups in total. The average Bonchev–Trinajstić information content (AvgIpc) is 2.51. The molecule has 0 bridgehead atoms. The number of hydrogen-bond donors (Lipinski definition) is 2. The summed E-state index contributed by atoms with van der Waals surface area (Å²) < 4.78 is 0. The predicted octanol–water partition coefficient (Wildman–Crippen LogP) is 2.94. The molecule has 0 spiro atoms. The Morgan fingerprint density at radius 2 is 1.70 bits per heavy atom. The third kappa shape index (κ3) is 8.02. The van der Waals surface area contributed by atoms with Crippen molar-refractivity contribution in [3.8, 4) is 0 Å². The minimum absolute atomic E-state index is 0. The maximum Gasteiger partial charge on any atom is 0.244 e. The number of carbonyl (C=O) groups excluding carboxylic acids is 1. The molecule has 0 aromatic heterocycles. The number of nitrogens with zero attached hydrogens (tertiary/aromatic N) is 1. The molecular weight excluding hydrogens is 333 g/mol. The highest BCUT2D eigenvalue weighted by molar-refractivity contribution is 5.87. The fourth-order valence-corrected chi connectivity index (χ4v) is 2.30. The second-order valence-electron chi connectivity index (χ2n) is 5.56. The molecule has 0 saturated heterocycles. The Morgan fingerprint density at radius 1 is 1.13 bits per heavy atom. The SMILES string of the molecule is CCN(CC)CCCCNC(=O)C(C)(N)c1ccccc1.Cl.Cl. The maximum absolute atomic E-state index is 12.2. The highest BCUT2D eigenvalue weighted by Gasteiger charge is 2.29. The van der Waals surface area contributed by atoms with Gasteiger partial charge in [-0.2, -0.15) is 0 Å². The van der Waals surface area contributed by atoms with Crippen LogP contribution in [0.1, 0.15) is 39.2 Å². The van der Waals surface area contributed by atoms with E-state index in [0.29, 0.717) is 6.54 Å². The molecule has 23 heavy (non-hydrogen) atoms. The summed E-state index contributed by atoms with van der Waals surface area (Å²) in [5.74, 6) is -0.114. The van der Waals surface area contributed by atoms with E-state index in [2.05, 4.69) is 24.1 Å². The Bertz CT molecular complexity index is 423. The van der Waals surface area contributed by atoms with Gasteiger partial charge < -0.3 is 16.0 Å². The van der Waals surface area contributed by atoms with Gasteiger partial charge in [0.15, 0.2) is 0 Å². The van der Waals surface area contributed by atoms with E-state index in [1.807, 2.05) is 30.3 Å². The molecule has 0 saturated carbocycles. The zero-order valence-electron chi connectivity index (χ0n) is 14.4. The quantitative estimate of drug-likeness (QED) is 0.663. The van der Waals surface area contributed by atoms with Gasteiger partial charge in [0.2, 0.25) is 5.91 Å². The minimum Gasteiger partial charge on any atom is -0.354 e. The lowest BCUT2D eigenvalue weighted by Crippen LogP contribution is -2.49. The van der Waals surface area contributed by atoms with Crippen molar-refractivity contribution >= 4 is 30.7 Å². The first-order valence-corrected chi connectivity index (χ1v) is 7.87. The van der Waals surface area contributed by atoms with Crippen molar-refractivity contribution in [3.63, 3.8) is 0 Å². The van der Waals surface area contributed by atoms with Gasteiger partial charge in [-0.1, -0.05) is 44.2 Å². The molecule has 0 aliphatic carbocycles. The Balaban J connectivity index is 0. The summed E-state index contributed by atoms with van der Waals surface area (Å²) in [5.41, 5.74) is 6.03. The molecule has 1 rings (SSSR count). The van der Waals surface area contributed by atoms with Crippen LogP contribution >= 0.6 is 24.8 Å². The zero-order valence-corrected chi connectivity index (χ0v) is 16.0. The average molecular weight is 364 g/mol. The van der Waals surface area contributed by atoms with Crippen LogP contribution in [-0.2, 0) is 10.3 Å². The smallest absolute Gasteiger partial charge is 0.244 e. The molecule has 1 aromatic carbocycles. The Kier molecular flexibility index (Phi) is 13.4. The second kappa shape index (κ2) is 12.6. The third-order valence-electron chi connectivity index (χ3n) is 3.93. The summed E-state index contributed by atoms with van der Waals surface area (Å²) in [5, 5.41) is 2.95. The molecule has 1 aromatic rings. The first kappa shape index (κ1) is 24.4. The second-order valence-corrected chi connectivity index (χ2v) is 5.56. The summed E-state index contributed by atoms with van der Waals surface area (Å²) >= 11 is 0. The molecule has 1 atom stereocenters. The predicted molar refractivity (Wildman–Crippen MR) is 103 cm³/mol. The molecule has 1 amide bonds. The first-order chi connectivity index (χ1) is 10.0. The number of hydrogen-bond acceptors (Lipinski definition) is 3. The largest absolute Gasteiger partial charge is 0.354 e. The number of rotatable bonds is 9. The highest BCUT2D eigenvalue weighted by atomic mass is 35.5. The fraction of sp³-hybridized carbons (Fsp3) is 0.588. The molecule has 134 valence electrons. The highest BCUT2D eigenvalue weighted by Crippen LogP contribution is 2.17. The van der Waals surface area contributed by atoms with Gasteiger partial charge in [-0.3, -0.25) is 4.79 Å². The van der Waals surface area contributed by atoms with Gasteiger partial charge in [0.1, 0.15) is 5.54 Å². The Labute approximate surface area is 153 Å². The van der Waals surface area contributed by atoms with E-state index in [-0.39, 0.29) is 30.7 Å². The van der Waals surface area contributed by atoms with Crippen molar-refractivity contribution in [2.75, 3.05) is 26.2 Å². The van der Waals surface area contributed by atoms with E-state index in [1.165, 1.54) is 0 Å². The van der Waals surface area contributed by atoms with Crippen LogP contribution in [0.2, 0.25) is 0 Å². The summed E-state index contributed by atoms with van der Waals surface area (Å²) in [6.45, 7) is 10.0. The lowest BCUT2D eigenvalue weighted by molar-refractivity contribution is -0.126. The normalized spacial score (nSPS) is 12.7. The van der Waals surface area contributed by atoms with E-state index in [0.717, 1.165) is 38.0 Å². The van der Waals surface area contributed by atoms with Crippen LogP contribution in [0.5, 0.6) is 0 Å². The van der Waals surface area contributed by atoms with Crippen LogP contribution in [0.15, 0.2) is 30.3 Å². The van der Waals surface area contributed by atoms with Crippen LogP contribution in [0.25, 0.3) is 0 Å². The van der Waals surface area contributed by atoms with Crippen molar-refractivity contribution in [3.05, 3.63) is 35.9 Å². The van der Waals surface area contributed by atoms with Gasteiger partial charge >= 0.3 is 0 Å². The monoisotopic (exact) mass is 363 g/mol. The van der Waals surface area contributed by atoms with E-state index >= 15 is 0 Å². The fourth-order valence-electron chi connectivity index (χ4n) is 2.30. The maximum atomic E-state index is 12.2. The lowest BCUT2D eigenvalue weighted by Gasteiger charge is -2.24. The van der Waals surface area contributed by atoms with Gasteiger partial charge in [-0.05, 0) is 45.0 Å². The number of unbranched alkanes of at least 4 members (excludes halogenated alkanes) is 1. The Hall–Kier alpha value is -0.810. The van der Waals surface area contributed by atoms with Gasteiger partial charge in [-0.25, -0.2) is 0 Å². The third-order valence-corrected chi connectivity index (χ3v) is 3.93. The van der Waals surface area contributed by atoms with E-state index in [1.54, 1.807) is 6.92 Å². The lowest BCUT2D eigenvalue weighted by atomic mass is 9.92. The molecule has 0 fully saturated rings. The molecule has 0 heterocycles. The molecule has 0 aliphatic rings. The molecule has 0 aliphatic heterocycles. The molecule has 0 radical (unpaired) electrons. The Morgan fingerprint density at radius 3 is 2.22 bits per heavy atom. The zero-order chi connectivity index (χ0) is 15.7. The summed E-state index contributed by atoms with van der Waals surface area (Å²) in [7, 11) is 0. The molecule has 1 unspecified atom stereocenters. The van der Waals surface area contributed by atoms with Crippen LogP contribution in [0.3, 0.4) is 0 Å². The van der Waals surface area contributed by atoms with Crippen LogP contribution in [-0.4, -0.2) is 37.0 Å². The van der Waals surface area contributed by atoms with Gasteiger partial charge in [0.25, 0.3) is 0 Å². The molecule has 4 nitrogen and oxygen atoms in total. The molecular formula is C17H31Cl2N3O. The van der Waals surface area contributed by atoms with Gasteiger partial charge in [0.05, 0.1) is 0 Å². The summed E-state index contributed by atoms with van der Waals surface area (Å²) in [6, 6.07) is 9.50. The van der Waals surface area contributed by atoms with Crippen LogP contribution < -0.4 is 11.1 Å². The van der Waals surface area contributed by atoms with Crippen LogP contribution in [0, 0.1) is 0 Å². The number of carbonyl (C=O) groups is 1. The minimum atomic E-state index is -0.972. The number of nitrogens with two attached hydrogens (primary N) is 1. The number of halogens is 2. The summed E-state index contributed by atoms with van der Waals surface area (Å²) in [6.07, 6.45) is 2.07. The van der Waals surface area contributed by atoms with Gasteiger partial charge in [0, 0.05) is 6.54 Å². The van der Waals surface area contributed by atoms with Crippen molar-refractivity contribution < 1.29 is 4.79 Å². The standard InChI is InChI=1S/C17H29N3O.2ClH/c1-4-20(5-2)14-10-9-13-19-16(21)17(3,18)15-11-7-6-8-12-15;;/h6-8,11-12H,4-5,9-10,13-14,18H2,1-3H3,(H,19,21);2*1H. The van der Waals surface area contributed by atoms with E-state index < -0.39 is 5.54 Å². The van der Waals surface area contributed by atoms with E-state index in [9.17, 15) is 4.79 Å². The number of benzene rings is 1. The topological polar surface area (TPSA) is 58.4 Å². The van der Waals surface area contributed by atoms with Gasteiger partial charge in [-0.15, -0.1) is 24.8 Å². The van der Waals surface area contributed by atoms with Crippen molar-refractivity contribution in [1.29, 1.82) is 0 Å². The van der Waals surface area contributed by atoms with Crippen molar-refractivity contribution in [1.82, 2.24) is 10.2 Å². The van der Waals surface area contributed by atoms with Crippen molar-refractivity contribution in [2.24, 2.45) is 5.73 Å². The summed E-state index contributed by atoms with van der Waals surface area (Å²) in [4.78, 5) is 14.6. The van der Waals surface area contributed by atoms with Crippen LogP contribution in [0.4, 0.5) is 0 Å². The number of amides is 1. The number of nitrogens with one attached hydrogen (secondary N) is 1. The molecule has 6 heteroatoms. The van der Waals surface area contributed by atoms with E-state index in [4.69, 9.17) is 5.73 Å². The first-order valence-electron chi connectivity index (χ1n) is 7.87.